The highest BCUT2D eigenvalue weighted by Crippen LogP contribution is 2.51. The largest absolute Gasteiger partial charge is 0.480 e. The molecule has 1 aromatic carbocycles. The second kappa shape index (κ2) is 35.9. The second-order valence-corrected chi connectivity index (χ2v) is 29.5. The van der Waals surface area contributed by atoms with Gasteiger partial charge in [0.05, 0.1) is 105 Å². The standard InChI is InChI=1S/C74H105N7O22/c1-40-26-49(97-44(5)42(40)3)17-19-57-41(2)27-51(99-57)23-24-74-33-56(84)70(103-74)67-43(4)68(102-74)71-58(101-67)20-18-50(100-71)29-47(82)30-53-45(6)98-59(69(53)95-7)31-48(83)34-75-60(85)35-77-72(93)54(28-46-14-10-8-11-15-46)79-62(87)37-76-61(86)36-78-73(94)55-32-52(96-39-66(91)92)38-81(55)63(88)16-12-9-13-25-80-64(89)21-22-65(80)90/h8,10-11,14-15,21-22,40,43-45,48-59,67-71,83-84H,2-3,9,12-13,16-20,23-39H2,1,4-7H3,(H,75,85)(H,76,86)(H,77,93)(H,78,94)(H,79,87)(H,91,92)/t40-,43?,44-,45+,48+,49+,50-,51+,52-,53+,54+,55+,56-,57+,58+,59-,67?,68-,69-,70+,71+,74-/m1/s1. The van der Waals surface area contributed by atoms with Gasteiger partial charge in [-0.3, -0.25) is 48.1 Å². The lowest BCUT2D eigenvalue weighted by atomic mass is 9.80. The Hall–Kier alpha value is -6.90. The van der Waals surface area contributed by atoms with Gasteiger partial charge in [0.2, 0.25) is 35.4 Å². The van der Waals surface area contributed by atoms with Crippen LogP contribution in [0.4, 0.5) is 0 Å². The summed E-state index contributed by atoms with van der Waals surface area (Å²) in [6.45, 7) is 14.2. The quantitative estimate of drug-likeness (QED) is 0.0274. The second-order valence-electron chi connectivity index (χ2n) is 29.5. The number of unbranched alkanes of at least 4 members (excludes halogenated alkanes) is 2. The number of nitrogens with one attached hydrogen (secondary N) is 5. The van der Waals surface area contributed by atoms with Gasteiger partial charge in [-0.15, -0.1) is 0 Å². The average molecular weight is 1440 g/mol. The van der Waals surface area contributed by atoms with E-state index in [9.17, 15) is 58.2 Å². The number of carboxylic acids is 1. The van der Waals surface area contributed by atoms with Crippen molar-refractivity contribution in [1.82, 2.24) is 36.4 Å². The first-order chi connectivity index (χ1) is 49.2. The van der Waals surface area contributed by atoms with E-state index in [1.165, 1.54) is 24.2 Å². The molecule has 22 atom stereocenters. The summed E-state index contributed by atoms with van der Waals surface area (Å²) in [5.41, 5.74) is 2.88. The molecular formula is C74H105N7O22. The summed E-state index contributed by atoms with van der Waals surface area (Å²) in [5, 5.41) is 44.4. The Morgan fingerprint density at radius 1 is 0.757 bits per heavy atom. The maximum atomic E-state index is 14.1. The first-order valence-corrected chi connectivity index (χ1v) is 36.7. The summed E-state index contributed by atoms with van der Waals surface area (Å²) in [7, 11) is 1.52. The number of hydrogen-bond acceptors (Lipinski definition) is 21. The third-order valence-corrected chi connectivity index (χ3v) is 21.9. The molecule has 8 amide bonds. The van der Waals surface area contributed by atoms with E-state index >= 15 is 0 Å². The smallest absolute Gasteiger partial charge is 0.329 e. The van der Waals surface area contributed by atoms with Gasteiger partial charge < -0.3 is 89.4 Å². The van der Waals surface area contributed by atoms with Crippen molar-refractivity contribution >= 4 is 59.0 Å². The van der Waals surface area contributed by atoms with Gasteiger partial charge in [-0.2, -0.15) is 0 Å². The van der Waals surface area contributed by atoms with Crippen LogP contribution >= 0.6 is 0 Å². The van der Waals surface area contributed by atoms with Crippen LogP contribution in [0.2, 0.25) is 0 Å². The van der Waals surface area contributed by atoms with E-state index in [1.54, 1.807) is 30.3 Å². The van der Waals surface area contributed by atoms with Crippen LogP contribution in [0.15, 0.2) is 66.8 Å². The minimum absolute atomic E-state index is 0.00239. The number of benzene rings is 1. The van der Waals surface area contributed by atoms with E-state index < -0.39 is 164 Å². The number of fused-ring (bicyclic) bond motifs is 7. The number of carbonyl (C=O) groups is 10. The average Bonchev–Trinajstić information content (AvgIpc) is 1.60. The molecule has 0 spiro atoms. The Morgan fingerprint density at radius 3 is 2.22 bits per heavy atom. The number of Topliss-reactive ketones (excluding diaryl/α,β-unsaturated/α-hetero) is 1. The predicted octanol–water partition coefficient (Wildman–Crippen LogP) is 2.09. The maximum Gasteiger partial charge on any atom is 0.329 e. The van der Waals surface area contributed by atoms with E-state index in [0.29, 0.717) is 56.4 Å². The number of carboxylic acid groups (broad SMARTS) is 1. The Kier molecular flexibility index (Phi) is 27.4. The Balaban J connectivity index is 0.634. The molecule has 9 heterocycles. The summed E-state index contributed by atoms with van der Waals surface area (Å²) < 4.78 is 57.8. The van der Waals surface area contributed by atoms with Crippen LogP contribution < -0.4 is 26.6 Å². The Morgan fingerprint density at radius 2 is 1.49 bits per heavy atom. The van der Waals surface area contributed by atoms with Crippen molar-refractivity contribution < 1.29 is 106 Å². The molecule has 8 N–H and O–H groups in total. The number of amides is 8. The first-order valence-electron chi connectivity index (χ1n) is 36.7. The third kappa shape index (κ3) is 20.6. The summed E-state index contributed by atoms with van der Waals surface area (Å²) in [5.74, 6) is -7.38. The molecule has 568 valence electrons. The van der Waals surface area contributed by atoms with Crippen LogP contribution in [-0.4, -0.2) is 253 Å². The molecule has 29 nitrogen and oxygen atoms in total. The molecule has 9 aliphatic rings. The summed E-state index contributed by atoms with van der Waals surface area (Å²) in [6, 6.07) is 6.39. The number of imide groups is 1. The first kappa shape index (κ1) is 78.7. The molecule has 0 aromatic heterocycles. The number of aliphatic hydroxyl groups is 2. The van der Waals surface area contributed by atoms with Crippen LogP contribution in [-0.2, 0) is 97.0 Å². The number of ketones is 1. The highest BCUT2D eigenvalue weighted by Gasteiger charge is 2.62. The van der Waals surface area contributed by atoms with E-state index in [1.807, 2.05) is 13.8 Å². The lowest BCUT2D eigenvalue weighted by Gasteiger charge is -2.50. The number of ether oxygens (including phenoxy) is 9. The van der Waals surface area contributed by atoms with Crippen molar-refractivity contribution in [3.63, 3.8) is 0 Å². The van der Waals surface area contributed by atoms with Crippen LogP contribution in [0.1, 0.15) is 142 Å². The minimum atomic E-state index is -1.25. The molecule has 0 radical (unpaired) electrons. The van der Waals surface area contributed by atoms with Crippen molar-refractivity contribution in [3.8, 4) is 0 Å². The van der Waals surface area contributed by atoms with Gasteiger partial charge in [-0.1, -0.05) is 63.8 Å². The zero-order chi connectivity index (χ0) is 73.8. The molecule has 4 bridgehead atoms. The zero-order valence-electron chi connectivity index (χ0n) is 59.8. The maximum absolute atomic E-state index is 14.1. The fraction of sp³-hybridized carbons (Fsp3) is 0.703. The molecule has 8 saturated heterocycles. The highest BCUT2D eigenvalue weighted by molar-refractivity contribution is 6.12. The number of aliphatic carboxylic acids is 1. The monoisotopic (exact) mass is 1440 g/mol. The summed E-state index contributed by atoms with van der Waals surface area (Å²) >= 11 is 0. The van der Waals surface area contributed by atoms with Crippen molar-refractivity contribution in [1.29, 1.82) is 0 Å². The number of aliphatic hydroxyl groups excluding tert-OH is 2. The van der Waals surface area contributed by atoms with E-state index in [-0.39, 0.29) is 113 Å². The number of likely N-dealkylation sites (tertiary alicyclic amines) is 1. The fourth-order valence-electron chi connectivity index (χ4n) is 16.3. The van der Waals surface area contributed by atoms with Gasteiger partial charge in [0, 0.05) is 102 Å². The minimum Gasteiger partial charge on any atom is -0.480 e. The van der Waals surface area contributed by atoms with Crippen LogP contribution in [0.5, 0.6) is 0 Å². The normalized spacial score (nSPS) is 33.6. The van der Waals surface area contributed by atoms with Gasteiger partial charge in [-0.05, 0) is 94.3 Å². The van der Waals surface area contributed by atoms with E-state index in [4.69, 9.17) is 47.7 Å². The molecule has 2 unspecified atom stereocenters. The number of hydrogen-bond donors (Lipinski definition) is 8. The molecule has 10 rings (SSSR count). The molecule has 1 aromatic rings. The molecule has 9 aliphatic heterocycles. The number of nitrogens with zero attached hydrogens (tertiary/aromatic N) is 2. The summed E-state index contributed by atoms with van der Waals surface area (Å²) in [6.07, 6.45) is 3.14. The highest BCUT2D eigenvalue weighted by atomic mass is 16.7. The summed E-state index contributed by atoms with van der Waals surface area (Å²) in [4.78, 5) is 131. The van der Waals surface area contributed by atoms with E-state index in [2.05, 4.69) is 53.6 Å². The zero-order valence-corrected chi connectivity index (χ0v) is 59.8. The number of methoxy groups -OCH3 is 1. The van der Waals surface area contributed by atoms with E-state index in [0.717, 1.165) is 41.7 Å². The van der Waals surface area contributed by atoms with Crippen LogP contribution in [0.25, 0.3) is 0 Å². The van der Waals surface area contributed by atoms with Gasteiger partial charge in [0.25, 0.3) is 11.8 Å². The lowest BCUT2D eigenvalue weighted by Crippen LogP contribution is -2.62. The molecule has 0 aliphatic carbocycles. The van der Waals surface area contributed by atoms with Crippen molar-refractivity contribution in [2.75, 3.05) is 53.0 Å². The lowest BCUT2D eigenvalue weighted by molar-refractivity contribution is -0.290. The molecule has 103 heavy (non-hydrogen) atoms. The number of carbonyl (C=O) groups excluding carboxylic acids is 9. The van der Waals surface area contributed by atoms with Crippen molar-refractivity contribution in [3.05, 3.63) is 72.4 Å². The predicted molar refractivity (Wildman–Crippen MR) is 366 cm³/mol. The molecule has 29 heteroatoms. The van der Waals surface area contributed by atoms with Gasteiger partial charge in [0.1, 0.15) is 36.7 Å². The fourth-order valence-corrected chi connectivity index (χ4v) is 16.3. The topological polar surface area (TPSA) is 381 Å². The van der Waals surface area contributed by atoms with Gasteiger partial charge in [0.15, 0.2) is 5.79 Å². The Labute approximate surface area is 600 Å². The van der Waals surface area contributed by atoms with Crippen LogP contribution in [0, 0.1) is 17.8 Å². The molecule has 0 saturated carbocycles. The number of rotatable bonds is 35. The van der Waals surface area contributed by atoms with Gasteiger partial charge >= 0.3 is 5.97 Å². The van der Waals surface area contributed by atoms with Crippen molar-refractivity contribution in [2.24, 2.45) is 17.8 Å². The van der Waals surface area contributed by atoms with Gasteiger partial charge in [-0.25, -0.2) is 4.79 Å². The third-order valence-electron chi connectivity index (χ3n) is 21.9. The van der Waals surface area contributed by atoms with Crippen molar-refractivity contribution in [2.45, 2.75) is 259 Å². The van der Waals surface area contributed by atoms with Crippen LogP contribution in [0.3, 0.4) is 0 Å². The Bertz CT molecular complexity index is 3230. The molecule has 8 fully saturated rings. The SMILES string of the molecule is C=C1C[C@H](CC[C@]23C[C@@H](O)[C@H](O2)C2O[C@H]4CC[C@H](CC(=O)C[C@@H]5[C@@H](OC)[C@@H](C[C@H](O)CNC(=O)CNC(=O)[C@H](Cc6ccccc6)NC(=O)CNC(=O)CNC(=O)[C@@H]6C[C@@H](OCC(=O)O)CN6C(=O)CCCCCN6C(=O)C=CC6=O)O[C@H]5C)O[C@@H]4[C@H](O3)C2C)O[C@H]1CC[C@H]1C[C@@H](C)C(=C)[C@@H](C)O1. The molecular weight excluding hydrogens is 1340 g/mol.